The zero-order valence-corrected chi connectivity index (χ0v) is 15.9. The number of aliphatic hydroxyl groups excluding tert-OH is 1. The molecule has 1 aliphatic carbocycles. The van der Waals surface area contributed by atoms with E-state index in [1.54, 1.807) is 29.7 Å². The highest BCUT2D eigenvalue weighted by Crippen LogP contribution is 2.25. The first kappa shape index (κ1) is 19.3. The standard InChI is InChI=1S/C21H21F2N3O3/c1-12-19(21(28)25-16-7-3-8-17(16)27)26-10-4-9-18(20(26)24-12)29-11-13-14(22)5-2-6-15(13)23/h2,4-6,9-10,16-17,27H,3,7-8,11H2,1H3,(H,25,28)/t16-,17-/m1/s1. The van der Waals surface area contributed by atoms with Crippen LogP contribution in [0.15, 0.2) is 36.5 Å². The number of carbonyl (C=O) groups is 1. The zero-order chi connectivity index (χ0) is 20.5. The number of nitrogens with one attached hydrogen (secondary N) is 1. The largest absolute Gasteiger partial charge is 0.485 e. The molecule has 0 saturated heterocycles. The van der Waals surface area contributed by atoms with Gasteiger partial charge in [-0.15, -0.1) is 0 Å². The molecule has 0 bridgehead atoms. The van der Waals surface area contributed by atoms with Crippen molar-refractivity contribution in [2.75, 3.05) is 0 Å². The predicted octanol–water partition coefficient (Wildman–Crippen LogP) is 3.14. The van der Waals surface area contributed by atoms with Gasteiger partial charge in [0.1, 0.15) is 23.9 Å². The van der Waals surface area contributed by atoms with Gasteiger partial charge in [0.15, 0.2) is 11.4 Å². The first-order valence-electron chi connectivity index (χ1n) is 9.48. The number of halogens is 2. The molecule has 0 radical (unpaired) electrons. The molecule has 0 aliphatic heterocycles. The van der Waals surface area contributed by atoms with Crippen molar-refractivity contribution in [2.24, 2.45) is 0 Å². The van der Waals surface area contributed by atoms with Gasteiger partial charge < -0.3 is 15.2 Å². The van der Waals surface area contributed by atoms with E-state index in [1.165, 1.54) is 18.2 Å². The van der Waals surface area contributed by atoms with Crippen LogP contribution in [0.3, 0.4) is 0 Å². The maximum atomic E-state index is 13.9. The summed E-state index contributed by atoms with van der Waals surface area (Å²) in [6, 6.07) is 6.64. The van der Waals surface area contributed by atoms with Crippen LogP contribution >= 0.6 is 0 Å². The number of fused-ring (bicyclic) bond motifs is 1. The van der Waals surface area contributed by atoms with E-state index in [2.05, 4.69) is 10.3 Å². The van der Waals surface area contributed by atoms with Gasteiger partial charge in [-0.3, -0.25) is 9.20 Å². The van der Waals surface area contributed by atoms with E-state index in [0.717, 1.165) is 12.8 Å². The number of aromatic nitrogens is 2. The zero-order valence-electron chi connectivity index (χ0n) is 15.9. The molecule has 8 heteroatoms. The Labute approximate surface area is 166 Å². The van der Waals surface area contributed by atoms with Crippen LogP contribution in [0, 0.1) is 18.6 Å². The third-order valence-electron chi connectivity index (χ3n) is 5.23. The van der Waals surface area contributed by atoms with Gasteiger partial charge in [-0.25, -0.2) is 13.8 Å². The lowest BCUT2D eigenvalue weighted by atomic mass is 10.2. The second-order valence-electron chi connectivity index (χ2n) is 7.18. The number of hydrogen-bond donors (Lipinski definition) is 2. The third kappa shape index (κ3) is 3.67. The molecule has 3 aromatic rings. The van der Waals surface area contributed by atoms with Gasteiger partial charge in [0, 0.05) is 6.20 Å². The van der Waals surface area contributed by atoms with Crippen LogP contribution in [0.2, 0.25) is 0 Å². The summed E-state index contributed by atoms with van der Waals surface area (Å²) in [6.07, 6.45) is 3.38. The van der Waals surface area contributed by atoms with Crippen molar-refractivity contribution in [2.45, 2.75) is 44.9 Å². The van der Waals surface area contributed by atoms with Crippen molar-refractivity contribution in [1.82, 2.24) is 14.7 Å². The monoisotopic (exact) mass is 401 g/mol. The first-order chi connectivity index (χ1) is 14.0. The number of carbonyl (C=O) groups excluding carboxylic acids is 1. The fourth-order valence-electron chi connectivity index (χ4n) is 3.71. The van der Waals surface area contributed by atoms with Gasteiger partial charge >= 0.3 is 0 Å². The second-order valence-corrected chi connectivity index (χ2v) is 7.18. The van der Waals surface area contributed by atoms with Gasteiger partial charge in [-0.2, -0.15) is 0 Å². The quantitative estimate of drug-likeness (QED) is 0.689. The summed E-state index contributed by atoms with van der Waals surface area (Å²) in [5.74, 6) is -1.41. The lowest BCUT2D eigenvalue weighted by molar-refractivity contribution is 0.0867. The van der Waals surface area contributed by atoms with E-state index in [9.17, 15) is 18.7 Å². The smallest absolute Gasteiger partial charge is 0.270 e. The average molecular weight is 401 g/mol. The SMILES string of the molecule is Cc1nc2c(OCc3c(F)cccc3F)cccn2c1C(=O)N[C@@H]1CCC[C@H]1O. The van der Waals surface area contributed by atoms with Crippen LogP contribution in [-0.4, -0.2) is 32.5 Å². The summed E-state index contributed by atoms with van der Waals surface area (Å²) in [6.45, 7) is 1.40. The molecular weight excluding hydrogens is 380 g/mol. The van der Waals surface area contributed by atoms with Crippen LogP contribution in [0.25, 0.3) is 5.65 Å². The number of benzene rings is 1. The summed E-state index contributed by atoms with van der Waals surface area (Å²) in [5.41, 5.74) is 1.02. The van der Waals surface area contributed by atoms with E-state index >= 15 is 0 Å². The minimum atomic E-state index is -0.688. The molecule has 2 aromatic heterocycles. The molecule has 1 aliphatic rings. The Bertz CT molecular complexity index is 1050. The molecule has 1 fully saturated rings. The van der Waals surface area contributed by atoms with Crippen LogP contribution < -0.4 is 10.1 Å². The van der Waals surface area contributed by atoms with Crippen molar-refractivity contribution < 1.29 is 23.4 Å². The molecule has 152 valence electrons. The minimum Gasteiger partial charge on any atom is -0.485 e. The van der Waals surface area contributed by atoms with Crippen molar-refractivity contribution in [3.8, 4) is 5.75 Å². The van der Waals surface area contributed by atoms with E-state index in [-0.39, 0.29) is 24.1 Å². The fraction of sp³-hybridized carbons (Fsp3) is 0.333. The Kier molecular flexibility index (Phi) is 5.19. The van der Waals surface area contributed by atoms with Gasteiger partial charge in [0.2, 0.25) is 0 Å². The Morgan fingerprint density at radius 2 is 2.03 bits per heavy atom. The summed E-state index contributed by atoms with van der Waals surface area (Å²) in [5, 5.41) is 12.8. The van der Waals surface area contributed by atoms with Crippen molar-refractivity contribution in [1.29, 1.82) is 0 Å². The van der Waals surface area contributed by atoms with E-state index in [4.69, 9.17) is 4.74 Å². The molecule has 0 spiro atoms. The second kappa shape index (κ2) is 7.79. The molecule has 0 unspecified atom stereocenters. The topological polar surface area (TPSA) is 75.9 Å². The number of aryl methyl sites for hydroxylation is 1. The van der Waals surface area contributed by atoms with Gasteiger partial charge in [0.25, 0.3) is 5.91 Å². The number of rotatable bonds is 5. The number of nitrogens with zero attached hydrogens (tertiary/aromatic N) is 2. The minimum absolute atomic E-state index is 0.175. The Morgan fingerprint density at radius 1 is 1.28 bits per heavy atom. The van der Waals surface area contributed by atoms with Crippen molar-refractivity contribution >= 4 is 11.6 Å². The molecule has 29 heavy (non-hydrogen) atoms. The normalized spacial score (nSPS) is 18.9. The number of pyridine rings is 1. The molecule has 1 aromatic carbocycles. The summed E-state index contributed by atoms with van der Waals surface area (Å²) < 4.78 is 34.9. The van der Waals surface area contributed by atoms with Crippen LogP contribution in [0.5, 0.6) is 5.75 Å². The number of aliphatic hydroxyl groups is 1. The lowest BCUT2D eigenvalue weighted by Gasteiger charge is -2.16. The van der Waals surface area contributed by atoms with Gasteiger partial charge in [0.05, 0.1) is 23.4 Å². The van der Waals surface area contributed by atoms with Crippen LogP contribution in [0.1, 0.15) is 41.0 Å². The Balaban J connectivity index is 1.61. The molecule has 6 nitrogen and oxygen atoms in total. The first-order valence-corrected chi connectivity index (χ1v) is 9.48. The third-order valence-corrected chi connectivity index (χ3v) is 5.23. The molecule has 1 amide bonds. The fourth-order valence-corrected chi connectivity index (χ4v) is 3.71. The number of ether oxygens (including phenoxy) is 1. The summed E-state index contributed by atoms with van der Waals surface area (Å²) >= 11 is 0. The lowest BCUT2D eigenvalue weighted by Crippen LogP contribution is -2.40. The molecule has 4 rings (SSSR count). The molecule has 2 N–H and O–H groups in total. The maximum Gasteiger partial charge on any atom is 0.270 e. The van der Waals surface area contributed by atoms with Gasteiger partial charge in [-0.05, 0) is 50.5 Å². The highest BCUT2D eigenvalue weighted by molar-refractivity contribution is 5.95. The number of hydrogen-bond acceptors (Lipinski definition) is 4. The average Bonchev–Trinajstić information content (AvgIpc) is 3.23. The molecular formula is C21H21F2N3O3. The van der Waals surface area contributed by atoms with E-state index in [1.807, 2.05) is 0 Å². The Hall–Kier alpha value is -3.00. The molecule has 2 heterocycles. The van der Waals surface area contributed by atoms with Crippen molar-refractivity contribution in [3.05, 3.63) is 65.1 Å². The van der Waals surface area contributed by atoms with Crippen LogP contribution in [0.4, 0.5) is 8.78 Å². The Morgan fingerprint density at radius 3 is 2.72 bits per heavy atom. The predicted molar refractivity (Wildman–Crippen MR) is 102 cm³/mol. The maximum absolute atomic E-state index is 13.9. The van der Waals surface area contributed by atoms with E-state index in [0.29, 0.717) is 29.2 Å². The highest BCUT2D eigenvalue weighted by Gasteiger charge is 2.29. The number of imidazole rings is 1. The summed E-state index contributed by atoms with van der Waals surface area (Å²) in [7, 11) is 0. The molecule has 1 saturated carbocycles. The number of amides is 1. The van der Waals surface area contributed by atoms with Gasteiger partial charge in [-0.1, -0.05) is 6.07 Å². The summed E-state index contributed by atoms with van der Waals surface area (Å²) in [4.78, 5) is 17.2. The highest BCUT2D eigenvalue weighted by atomic mass is 19.1. The van der Waals surface area contributed by atoms with E-state index < -0.39 is 17.7 Å². The van der Waals surface area contributed by atoms with Crippen LogP contribution in [-0.2, 0) is 6.61 Å². The molecule has 2 atom stereocenters. The van der Waals surface area contributed by atoms with Crippen molar-refractivity contribution in [3.63, 3.8) is 0 Å².